The van der Waals surface area contributed by atoms with Crippen LogP contribution in [0.1, 0.15) is 26.3 Å². The number of anilines is 6. The van der Waals surface area contributed by atoms with Gasteiger partial charge in [0, 0.05) is 78.4 Å². The average molecular weight is 1580 g/mol. The van der Waals surface area contributed by atoms with E-state index in [0.29, 0.717) is 11.5 Å². The van der Waals surface area contributed by atoms with Gasteiger partial charge in [-0.15, -0.1) is 24.3 Å². The Morgan fingerprint density at radius 2 is 0.872 bits per heavy atom. The summed E-state index contributed by atoms with van der Waals surface area (Å²) in [4.78, 5) is 10.3. The average Bonchev–Trinajstić information content (AvgIpc) is 1.44. The molecule has 5 heterocycles. The molecule has 0 bridgehead atoms. The monoisotopic (exact) mass is 1580 g/mol. The van der Waals surface area contributed by atoms with Crippen molar-refractivity contribution in [2.75, 3.05) is 9.80 Å². The summed E-state index contributed by atoms with van der Waals surface area (Å²) in [7, 11) is 0. The molecule has 0 amide bonds. The Morgan fingerprint density at radius 1 is 0.394 bits per heavy atom. The first-order valence-corrected chi connectivity index (χ1v) is 36.9. The Bertz CT molecular complexity index is 6250. The van der Waals surface area contributed by atoms with Crippen LogP contribution >= 0.6 is 0 Å². The fourth-order valence-corrected chi connectivity index (χ4v) is 16.5. The molecule has 15 aromatic carbocycles. The largest absolute Gasteiger partial charge is 0.510 e. The Kier molecular flexibility index (Phi) is 16.7. The molecule has 0 radical (unpaired) electrons. The van der Waals surface area contributed by atoms with Gasteiger partial charge in [0.15, 0.2) is 0 Å². The summed E-state index contributed by atoms with van der Waals surface area (Å²) in [5, 5.41) is 2.11. The number of aromatic nitrogens is 4. The number of imidazole rings is 1. The normalized spacial score (nSPS) is 12.2. The van der Waals surface area contributed by atoms with Gasteiger partial charge in [0.25, 0.3) is 13.0 Å². The Balaban J connectivity index is 0.00000806. The van der Waals surface area contributed by atoms with E-state index in [1.54, 1.807) is 0 Å². The zero-order chi connectivity index (χ0) is 72.0. The maximum absolute atomic E-state index is 7.20. The van der Waals surface area contributed by atoms with Crippen LogP contribution in [0, 0.1) is 18.5 Å². The predicted molar refractivity (Wildman–Crippen MR) is 445 cm³/mol. The van der Waals surface area contributed by atoms with Crippen molar-refractivity contribution in [3.05, 3.63) is 388 Å². The van der Waals surface area contributed by atoms with Crippen molar-refractivity contribution in [1.82, 2.24) is 14.1 Å². The number of benzene rings is 15. The second-order valence-corrected chi connectivity index (χ2v) is 29.0. The Morgan fingerprint density at radius 3 is 1.43 bits per heavy atom. The molecule has 0 saturated carbocycles. The molecule has 0 unspecified atom stereocenters. The molecule has 2 aliphatic heterocycles. The molecular formula is C100H69BN6OPt-2. The van der Waals surface area contributed by atoms with Gasteiger partial charge in [-0.1, -0.05) is 268 Å². The fraction of sp³-hybridized carbons (Fsp3) is 0.0400. The molecule has 0 fully saturated rings. The second kappa shape index (κ2) is 27.3. The number of pyridine rings is 1. The van der Waals surface area contributed by atoms with E-state index in [0.717, 1.165) is 151 Å². The van der Waals surface area contributed by atoms with Gasteiger partial charge >= 0.3 is 0 Å². The first-order valence-electron chi connectivity index (χ1n) is 36.9. The van der Waals surface area contributed by atoms with Crippen LogP contribution in [0.25, 0.3) is 117 Å². The summed E-state index contributed by atoms with van der Waals surface area (Å²) >= 11 is 0. The first-order chi connectivity index (χ1) is 53.2. The quantitative estimate of drug-likeness (QED) is 0.0655. The van der Waals surface area contributed by atoms with Gasteiger partial charge in [-0.25, -0.2) is 4.98 Å². The number of hydrogen-bond acceptors (Lipinski definition) is 4. The van der Waals surface area contributed by atoms with Crippen LogP contribution in [-0.2, 0) is 26.5 Å². The third kappa shape index (κ3) is 11.7. The van der Waals surface area contributed by atoms with Crippen LogP contribution in [0.3, 0.4) is 0 Å². The van der Waals surface area contributed by atoms with E-state index < -0.39 is 0 Å². The van der Waals surface area contributed by atoms with Crippen molar-refractivity contribution < 1.29 is 30.4 Å². The summed E-state index contributed by atoms with van der Waals surface area (Å²) in [6.45, 7) is 6.70. The Labute approximate surface area is 649 Å². The van der Waals surface area contributed by atoms with Gasteiger partial charge in [-0.05, 0) is 196 Å². The number of hydrogen-bond donors (Lipinski definition) is 0. The maximum Gasteiger partial charge on any atom is 0.268 e. The van der Waals surface area contributed by atoms with E-state index in [2.05, 4.69) is 409 Å². The fourth-order valence-electron chi connectivity index (χ4n) is 16.5. The van der Waals surface area contributed by atoms with E-state index in [9.17, 15) is 0 Å². The molecular weight excluding hydrogens is 1510 g/mol. The number of para-hydroxylation sites is 7. The number of rotatable bonds is 13. The topological polar surface area (TPSA) is 42.3 Å². The third-order valence-electron chi connectivity index (χ3n) is 21.5. The molecule has 520 valence electrons. The number of fused-ring (bicyclic) bond motifs is 9. The molecule has 20 rings (SSSR count). The minimum atomic E-state index is -0.176. The van der Waals surface area contributed by atoms with Crippen molar-refractivity contribution in [2.24, 2.45) is 0 Å². The molecule has 0 saturated heterocycles. The van der Waals surface area contributed by atoms with E-state index in [4.69, 9.17) is 9.72 Å². The van der Waals surface area contributed by atoms with Gasteiger partial charge in [-0.2, -0.15) is 18.2 Å². The molecule has 18 aromatic rings. The summed E-state index contributed by atoms with van der Waals surface area (Å²) in [6.07, 6.45) is 5.95. The van der Waals surface area contributed by atoms with Gasteiger partial charge < -0.3 is 23.7 Å². The van der Waals surface area contributed by atoms with Crippen molar-refractivity contribution >= 4 is 90.1 Å². The summed E-state index contributed by atoms with van der Waals surface area (Å²) in [5.41, 5.74) is 30.1. The van der Waals surface area contributed by atoms with Gasteiger partial charge in [-0.3, -0.25) is 4.57 Å². The van der Waals surface area contributed by atoms with Crippen molar-refractivity contribution in [2.45, 2.75) is 26.2 Å². The van der Waals surface area contributed by atoms with E-state index in [1.165, 1.54) is 22.0 Å². The van der Waals surface area contributed by atoms with Crippen molar-refractivity contribution in [3.8, 4) is 95.5 Å². The summed E-state index contributed by atoms with van der Waals surface area (Å²) < 4.78 is 13.9. The smallest absolute Gasteiger partial charge is 0.268 e. The third-order valence-corrected chi connectivity index (χ3v) is 21.5. The van der Waals surface area contributed by atoms with E-state index >= 15 is 0 Å². The standard InChI is InChI=1S/C100H69BN6O.Pt/c1-100(2,3)77-54-55-102-95(62-77)107-92-64-82(52-53-85(92)96-93(107)65-94-97-99(96)106(79-40-20-9-21-41-79)89-49-25-23-47-87(89)101(97)86-46-22-24-48-88(86)105(94)78-38-18-8-19-39-78)108-81-43-28-42-80(63-81)103-66-104(91-51-27-26-50-90(91)103)98-83(75-58-71(67-30-10-4-11-31-67)56-72(59-75)68-32-12-5-13-33-68)44-29-45-84(98)76-60-73(69-34-14-6-15-35-69)57-74(61-76)70-36-16-7-17-37-70;/h4-62,65H,1-3H3;/q-2;. The molecule has 0 spiro atoms. The SMILES string of the molecule is CC(C)(C)c1ccnc(-n2c3[c-]c(Oc4[c-]c(-n5[c-][n+](-c6c(-c7cc(-c8ccccc8)cc(-c8ccccc8)c7)cccc6-c6cc(-c7ccccc7)cc(-c7ccccc7)c6)c6ccccc65)ccc4)ccc3c3c4c5c(cc32)N(c2ccccc2)c2ccccc2B5c2ccccc2N4c2ccccc2)c1.[Pt]. The van der Waals surface area contributed by atoms with Crippen LogP contribution in [0.4, 0.5) is 34.1 Å². The van der Waals surface area contributed by atoms with Crippen LogP contribution in [0.5, 0.6) is 11.5 Å². The van der Waals surface area contributed by atoms with Crippen LogP contribution < -0.4 is 35.5 Å². The Hall–Kier alpha value is -13.1. The summed E-state index contributed by atoms with van der Waals surface area (Å²) in [6, 6.07) is 137. The molecule has 0 atom stereocenters. The zero-order valence-corrected chi connectivity index (χ0v) is 62.4. The van der Waals surface area contributed by atoms with Crippen LogP contribution in [-0.4, -0.2) is 20.8 Å². The molecule has 109 heavy (non-hydrogen) atoms. The van der Waals surface area contributed by atoms with E-state index in [1.807, 2.05) is 18.3 Å². The molecule has 0 N–H and O–H groups in total. The first kappa shape index (κ1) is 66.5. The maximum atomic E-state index is 7.20. The van der Waals surface area contributed by atoms with Gasteiger partial charge in [0.05, 0.1) is 16.7 Å². The summed E-state index contributed by atoms with van der Waals surface area (Å²) in [5.74, 6) is 1.83. The predicted octanol–water partition coefficient (Wildman–Crippen LogP) is 23.0. The minimum absolute atomic E-state index is 0. The molecule has 9 heteroatoms. The molecule has 2 aliphatic rings. The molecule has 3 aromatic heterocycles. The number of nitrogens with zero attached hydrogens (tertiary/aromatic N) is 6. The van der Waals surface area contributed by atoms with E-state index in [-0.39, 0.29) is 33.2 Å². The molecule has 0 aliphatic carbocycles. The van der Waals surface area contributed by atoms with Crippen LogP contribution in [0.2, 0.25) is 0 Å². The minimum Gasteiger partial charge on any atom is -0.510 e. The van der Waals surface area contributed by atoms with Crippen LogP contribution in [0.15, 0.2) is 364 Å². The number of ether oxygens (including phenoxy) is 1. The second-order valence-electron chi connectivity index (χ2n) is 29.0. The molecule has 7 nitrogen and oxygen atoms in total. The van der Waals surface area contributed by atoms with Gasteiger partial charge in [0.1, 0.15) is 5.82 Å². The van der Waals surface area contributed by atoms with Crippen molar-refractivity contribution in [1.29, 1.82) is 0 Å². The van der Waals surface area contributed by atoms with Crippen molar-refractivity contribution in [3.63, 3.8) is 0 Å². The van der Waals surface area contributed by atoms with Gasteiger partial charge in [0.2, 0.25) is 0 Å². The zero-order valence-electron chi connectivity index (χ0n) is 60.1.